The van der Waals surface area contributed by atoms with Crippen LogP contribution in [-0.2, 0) is 7.05 Å². The number of nitrogens with zero attached hydrogens (tertiary/aromatic N) is 2. The molecule has 1 aliphatic rings. The molecule has 18 heavy (non-hydrogen) atoms. The second-order valence-electron chi connectivity index (χ2n) is 4.50. The predicted molar refractivity (Wildman–Crippen MR) is 59.3 cm³/mol. The summed E-state index contributed by atoms with van der Waals surface area (Å²) in [7, 11) is 3.29. The van der Waals surface area contributed by atoms with Crippen LogP contribution in [0.3, 0.4) is 0 Å². The fraction of sp³-hybridized carbons (Fsp3) is 0.727. The largest absolute Gasteiger partial charge is 0.493 e. The maximum atomic E-state index is 12.6. The van der Waals surface area contributed by atoms with Crippen molar-refractivity contribution < 1.29 is 17.9 Å². The molecule has 1 aliphatic heterocycles. The van der Waals surface area contributed by atoms with Crippen molar-refractivity contribution in [2.75, 3.05) is 13.7 Å². The molecule has 0 saturated carbocycles. The number of methoxy groups -OCH3 is 1. The predicted octanol–water partition coefficient (Wildman–Crippen LogP) is 2.03. The molecular formula is C11H16F3N3O. The van der Waals surface area contributed by atoms with Crippen LogP contribution in [0.25, 0.3) is 0 Å². The van der Waals surface area contributed by atoms with Gasteiger partial charge >= 0.3 is 6.18 Å². The summed E-state index contributed by atoms with van der Waals surface area (Å²) in [5.41, 5.74) is 0.804. The van der Waals surface area contributed by atoms with E-state index >= 15 is 0 Å². The van der Waals surface area contributed by atoms with Gasteiger partial charge in [-0.3, -0.25) is 4.68 Å². The number of rotatable bonds is 2. The Morgan fingerprint density at radius 1 is 1.44 bits per heavy atom. The van der Waals surface area contributed by atoms with E-state index in [0.717, 1.165) is 5.69 Å². The Hall–Kier alpha value is -1.24. The van der Waals surface area contributed by atoms with Crippen LogP contribution >= 0.6 is 0 Å². The van der Waals surface area contributed by atoms with Gasteiger partial charge in [0, 0.05) is 13.6 Å². The number of hydrogen-bond acceptors (Lipinski definition) is 3. The third kappa shape index (κ3) is 2.45. The zero-order chi connectivity index (χ0) is 13.3. The van der Waals surface area contributed by atoms with Gasteiger partial charge in [-0.05, 0) is 12.8 Å². The van der Waals surface area contributed by atoms with Crippen LogP contribution in [0.15, 0.2) is 6.20 Å². The van der Waals surface area contributed by atoms with E-state index in [2.05, 4.69) is 10.4 Å². The SMILES string of the molecule is COc1cnn(C)c1C1CCC(C(F)(F)F)CN1. The Labute approximate surface area is 103 Å². The van der Waals surface area contributed by atoms with Crippen molar-refractivity contribution >= 4 is 0 Å². The lowest BCUT2D eigenvalue weighted by molar-refractivity contribution is -0.179. The maximum absolute atomic E-state index is 12.6. The van der Waals surface area contributed by atoms with E-state index < -0.39 is 12.1 Å². The summed E-state index contributed by atoms with van der Waals surface area (Å²) < 4.78 is 44.5. The summed E-state index contributed by atoms with van der Waals surface area (Å²) >= 11 is 0. The van der Waals surface area contributed by atoms with E-state index in [1.165, 1.54) is 7.11 Å². The van der Waals surface area contributed by atoms with Crippen molar-refractivity contribution in [3.8, 4) is 5.75 Å². The Kier molecular flexibility index (Phi) is 3.52. The summed E-state index contributed by atoms with van der Waals surface area (Å²) in [6.07, 6.45) is -1.98. The van der Waals surface area contributed by atoms with E-state index in [1.54, 1.807) is 17.9 Å². The van der Waals surface area contributed by atoms with E-state index in [4.69, 9.17) is 4.74 Å². The molecule has 7 heteroatoms. The number of aromatic nitrogens is 2. The highest BCUT2D eigenvalue weighted by Gasteiger charge is 2.42. The normalized spacial score (nSPS) is 25.2. The molecule has 0 radical (unpaired) electrons. The van der Waals surface area contributed by atoms with Crippen LogP contribution in [0.2, 0.25) is 0 Å². The second-order valence-corrected chi connectivity index (χ2v) is 4.50. The molecule has 4 nitrogen and oxygen atoms in total. The molecule has 2 unspecified atom stereocenters. The van der Waals surface area contributed by atoms with E-state index in [1.807, 2.05) is 0 Å². The van der Waals surface area contributed by atoms with Crippen molar-refractivity contribution in [2.24, 2.45) is 13.0 Å². The van der Waals surface area contributed by atoms with Crippen LogP contribution in [0.1, 0.15) is 24.6 Å². The minimum atomic E-state index is -4.12. The molecule has 0 bridgehead atoms. The van der Waals surface area contributed by atoms with Crippen molar-refractivity contribution in [3.05, 3.63) is 11.9 Å². The lowest BCUT2D eigenvalue weighted by Crippen LogP contribution is -2.40. The van der Waals surface area contributed by atoms with Crippen molar-refractivity contribution in [3.63, 3.8) is 0 Å². The highest BCUT2D eigenvalue weighted by molar-refractivity contribution is 5.28. The standard InChI is InChI=1S/C11H16F3N3O/c1-17-10(9(18-2)6-16-17)8-4-3-7(5-15-8)11(12,13)14/h6-8,15H,3-5H2,1-2H3. The van der Waals surface area contributed by atoms with Crippen LogP contribution in [-0.4, -0.2) is 29.6 Å². The number of nitrogens with one attached hydrogen (secondary N) is 1. The Morgan fingerprint density at radius 3 is 2.67 bits per heavy atom. The highest BCUT2D eigenvalue weighted by Crippen LogP contribution is 2.37. The van der Waals surface area contributed by atoms with Crippen LogP contribution in [0.5, 0.6) is 5.75 Å². The van der Waals surface area contributed by atoms with Gasteiger partial charge in [-0.2, -0.15) is 18.3 Å². The fourth-order valence-corrected chi connectivity index (χ4v) is 2.35. The van der Waals surface area contributed by atoms with Crippen molar-refractivity contribution in [1.82, 2.24) is 15.1 Å². The average molecular weight is 263 g/mol. The summed E-state index contributed by atoms with van der Waals surface area (Å²) in [4.78, 5) is 0. The number of halogens is 3. The second kappa shape index (κ2) is 4.79. The lowest BCUT2D eigenvalue weighted by Gasteiger charge is -2.31. The lowest BCUT2D eigenvalue weighted by atomic mass is 9.92. The molecular weight excluding hydrogens is 247 g/mol. The van der Waals surface area contributed by atoms with Gasteiger partial charge in [0.2, 0.25) is 0 Å². The van der Waals surface area contributed by atoms with Gasteiger partial charge in [-0.1, -0.05) is 0 Å². The van der Waals surface area contributed by atoms with Gasteiger partial charge in [-0.15, -0.1) is 0 Å². The fourth-order valence-electron chi connectivity index (χ4n) is 2.35. The Bertz CT molecular complexity index is 408. The zero-order valence-electron chi connectivity index (χ0n) is 10.3. The first-order valence-corrected chi connectivity index (χ1v) is 5.79. The van der Waals surface area contributed by atoms with E-state index in [-0.39, 0.29) is 19.0 Å². The number of piperidine rings is 1. The number of aryl methyl sites for hydroxylation is 1. The maximum Gasteiger partial charge on any atom is 0.393 e. The molecule has 1 fully saturated rings. The Morgan fingerprint density at radius 2 is 2.17 bits per heavy atom. The summed E-state index contributed by atoms with van der Waals surface area (Å²) in [5.74, 6) is -0.645. The molecule has 1 aromatic heterocycles. The minimum Gasteiger partial charge on any atom is -0.493 e. The van der Waals surface area contributed by atoms with Crippen LogP contribution in [0.4, 0.5) is 13.2 Å². The number of ether oxygens (including phenoxy) is 1. The first-order valence-electron chi connectivity index (χ1n) is 5.79. The molecule has 102 valence electrons. The molecule has 1 N–H and O–H groups in total. The molecule has 1 aromatic rings. The summed E-state index contributed by atoms with van der Waals surface area (Å²) in [6, 6.07) is -0.133. The van der Waals surface area contributed by atoms with Crippen LogP contribution < -0.4 is 10.1 Å². The monoisotopic (exact) mass is 263 g/mol. The van der Waals surface area contributed by atoms with Crippen LogP contribution in [0, 0.1) is 5.92 Å². The zero-order valence-corrected chi connectivity index (χ0v) is 10.3. The number of hydrogen-bond donors (Lipinski definition) is 1. The van der Waals surface area contributed by atoms with Gasteiger partial charge in [0.15, 0.2) is 5.75 Å². The Balaban J connectivity index is 2.08. The molecule has 0 amide bonds. The van der Waals surface area contributed by atoms with Crippen molar-refractivity contribution in [2.45, 2.75) is 25.1 Å². The quantitative estimate of drug-likeness (QED) is 0.887. The summed E-state index contributed by atoms with van der Waals surface area (Å²) in [5, 5.41) is 6.99. The number of alkyl halides is 3. The molecule has 2 rings (SSSR count). The minimum absolute atomic E-state index is 0.0531. The van der Waals surface area contributed by atoms with Gasteiger partial charge in [0.25, 0.3) is 0 Å². The first-order chi connectivity index (χ1) is 8.43. The van der Waals surface area contributed by atoms with Gasteiger partial charge < -0.3 is 10.1 Å². The average Bonchev–Trinajstić information content (AvgIpc) is 2.69. The highest BCUT2D eigenvalue weighted by atomic mass is 19.4. The summed E-state index contributed by atoms with van der Waals surface area (Å²) in [6.45, 7) is -0.0531. The van der Waals surface area contributed by atoms with E-state index in [9.17, 15) is 13.2 Å². The van der Waals surface area contributed by atoms with E-state index in [0.29, 0.717) is 12.2 Å². The smallest absolute Gasteiger partial charge is 0.393 e. The van der Waals surface area contributed by atoms with Crippen molar-refractivity contribution in [1.29, 1.82) is 0 Å². The molecule has 1 saturated heterocycles. The first kappa shape index (κ1) is 13.2. The van der Waals surface area contributed by atoms with Gasteiger partial charge in [-0.25, -0.2) is 0 Å². The van der Waals surface area contributed by atoms with Gasteiger partial charge in [0.05, 0.1) is 31.0 Å². The molecule has 0 aromatic carbocycles. The topological polar surface area (TPSA) is 39.1 Å². The molecule has 0 aliphatic carbocycles. The molecule has 2 atom stereocenters. The molecule has 0 spiro atoms. The third-order valence-corrected chi connectivity index (χ3v) is 3.38. The molecule has 2 heterocycles. The van der Waals surface area contributed by atoms with Gasteiger partial charge in [0.1, 0.15) is 0 Å². The third-order valence-electron chi connectivity index (χ3n) is 3.38.